The van der Waals surface area contributed by atoms with E-state index in [1.165, 1.54) is 20.4 Å². The van der Waals surface area contributed by atoms with Gasteiger partial charge in [-0.25, -0.2) is 19.6 Å². The molecule has 4 heterocycles. The van der Waals surface area contributed by atoms with Crippen LogP contribution in [0.15, 0.2) is 65.9 Å². The molecule has 0 saturated heterocycles. The van der Waals surface area contributed by atoms with Crippen molar-refractivity contribution >= 4 is 30.2 Å². The van der Waals surface area contributed by atoms with Gasteiger partial charge in [0.2, 0.25) is 11.8 Å². The molecule has 4 aromatic rings. The van der Waals surface area contributed by atoms with Crippen LogP contribution in [0.25, 0.3) is 33.6 Å². The maximum atomic E-state index is 13.4. The number of amides is 4. The van der Waals surface area contributed by atoms with Crippen molar-refractivity contribution in [2.75, 3.05) is 27.3 Å². The highest BCUT2D eigenvalue weighted by molar-refractivity contribution is 5.96. The summed E-state index contributed by atoms with van der Waals surface area (Å²) in [5.74, 6) is 0.705. The highest BCUT2D eigenvalue weighted by Gasteiger charge is 2.33. The monoisotopic (exact) mass is 722 g/mol. The first-order chi connectivity index (χ1) is 25.5. The molecular weight excluding hydrogens is 676 g/mol. The lowest BCUT2D eigenvalue weighted by Crippen LogP contribution is -2.52. The number of aliphatic imine (C=N–C) groups is 1. The van der Waals surface area contributed by atoms with Crippen LogP contribution in [0.1, 0.15) is 39.3 Å². The molecule has 53 heavy (non-hydrogen) atoms. The lowest BCUT2D eigenvalue weighted by molar-refractivity contribution is -0.136. The first kappa shape index (κ1) is 37.0. The lowest BCUT2D eigenvalue weighted by atomic mass is 9.95. The average Bonchev–Trinajstić information content (AvgIpc) is 3.80. The number of methoxy groups -OCH3 is 2. The maximum absolute atomic E-state index is 13.4. The third kappa shape index (κ3) is 7.86. The Labute approximate surface area is 308 Å². The number of nitrogens with one attached hydrogen (secondary N) is 1. The first-order valence-electron chi connectivity index (χ1n) is 17.8. The second-order valence-corrected chi connectivity index (χ2v) is 14.0. The fourth-order valence-electron chi connectivity index (χ4n) is 6.85. The van der Waals surface area contributed by atoms with Crippen molar-refractivity contribution in [3.8, 4) is 33.6 Å². The summed E-state index contributed by atoms with van der Waals surface area (Å²) in [5.41, 5.74) is 6.20. The highest BCUT2D eigenvalue weighted by Crippen LogP contribution is 2.31. The van der Waals surface area contributed by atoms with Gasteiger partial charge in [-0.3, -0.25) is 9.59 Å². The number of benzene rings is 2. The topological polar surface area (TPSA) is 153 Å². The Balaban J connectivity index is 1.10. The standard InChI is InChI=1S/C39H46N8O6/c1-24(2)30(19-42-38(50)52-5)36(48)44-15-17-46-31(20-40-33(46)22-44)28-11-7-26(8-12-28)27-9-13-29(14-10-27)32-21-41-34-23-45(16-18-47(32)34)37(49)35(25(3)4)43-39(51)53-6/h7-14,19-21,24-25,30,35H,15-18,22-23H2,1-6H3,(H,43,51). The summed E-state index contributed by atoms with van der Waals surface area (Å²) in [6, 6.07) is 16.1. The molecule has 2 aromatic carbocycles. The minimum Gasteiger partial charge on any atom is -0.453 e. The van der Waals surface area contributed by atoms with E-state index >= 15 is 0 Å². The van der Waals surface area contributed by atoms with Crippen LogP contribution in [0.2, 0.25) is 0 Å². The molecule has 0 saturated carbocycles. The van der Waals surface area contributed by atoms with Gasteiger partial charge in [-0.2, -0.15) is 4.99 Å². The molecular formula is C39H46N8O6. The number of fused-ring (bicyclic) bond motifs is 2. The van der Waals surface area contributed by atoms with Gasteiger partial charge in [-0.15, -0.1) is 0 Å². The lowest BCUT2D eigenvalue weighted by Gasteiger charge is -2.32. The summed E-state index contributed by atoms with van der Waals surface area (Å²) in [4.78, 5) is 66.7. The molecule has 2 unspecified atom stereocenters. The molecule has 0 aliphatic carbocycles. The van der Waals surface area contributed by atoms with Crippen molar-refractivity contribution in [2.24, 2.45) is 22.7 Å². The van der Waals surface area contributed by atoms with Gasteiger partial charge in [0, 0.05) is 32.4 Å². The number of hydrogen-bond donors (Lipinski definition) is 1. The fourth-order valence-corrected chi connectivity index (χ4v) is 6.85. The molecule has 0 fully saturated rings. The molecule has 14 heteroatoms. The Hall–Kier alpha value is -5.79. The summed E-state index contributed by atoms with van der Waals surface area (Å²) in [5, 5.41) is 2.67. The smallest absolute Gasteiger partial charge is 0.432 e. The number of nitrogens with zero attached hydrogens (tertiary/aromatic N) is 7. The quantitative estimate of drug-likeness (QED) is 0.230. The van der Waals surface area contributed by atoms with Gasteiger partial charge in [0.25, 0.3) is 0 Å². The van der Waals surface area contributed by atoms with E-state index in [2.05, 4.69) is 82.7 Å². The second kappa shape index (κ2) is 15.8. The van der Waals surface area contributed by atoms with Crippen molar-refractivity contribution in [3.63, 3.8) is 0 Å². The van der Waals surface area contributed by atoms with E-state index in [9.17, 15) is 19.2 Å². The molecule has 4 amide bonds. The van der Waals surface area contributed by atoms with Crippen LogP contribution < -0.4 is 5.32 Å². The molecule has 6 rings (SSSR count). The summed E-state index contributed by atoms with van der Waals surface area (Å²) in [7, 11) is 2.54. The minimum absolute atomic E-state index is 0.0351. The zero-order valence-electron chi connectivity index (χ0n) is 31.0. The van der Waals surface area contributed by atoms with Crippen molar-refractivity contribution in [2.45, 2.75) is 59.9 Å². The number of hydrogen-bond acceptors (Lipinski definition) is 8. The van der Waals surface area contributed by atoms with Gasteiger partial charge in [0.1, 0.15) is 17.7 Å². The number of rotatable bonds is 9. The van der Waals surface area contributed by atoms with E-state index < -0.39 is 24.1 Å². The molecule has 2 atom stereocenters. The van der Waals surface area contributed by atoms with Crippen molar-refractivity contribution < 1.29 is 28.7 Å². The van der Waals surface area contributed by atoms with E-state index in [1.54, 1.807) is 9.80 Å². The van der Waals surface area contributed by atoms with Crippen LogP contribution in [0, 0.1) is 17.8 Å². The summed E-state index contributed by atoms with van der Waals surface area (Å²) in [6.07, 6.45) is 3.75. The van der Waals surface area contributed by atoms with Crippen LogP contribution in [0.4, 0.5) is 9.59 Å². The largest absolute Gasteiger partial charge is 0.453 e. The SMILES string of the molecule is COC(=O)N=CC(C(=O)N1CCn2c(-c3ccc(-c4ccc(-c5cnc6n5CCN(C(=O)C(NC(=O)OC)C(C)C)C6)cc4)cc3)cnc2C1)C(C)C. The molecule has 1 N–H and O–H groups in total. The van der Waals surface area contributed by atoms with Gasteiger partial charge in [-0.1, -0.05) is 76.2 Å². The fraction of sp³-hybridized carbons (Fsp3) is 0.410. The van der Waals surface area contributed by atoms with Crippen molar-refractivity contribution in [1.82, 2.24) is 34.2 Å². The number of aromatic nitrogens is 4. The van der Waals surface area contributed by atoms with Crippen LogP contribution in [-0.4, -0.2) is 92.5 Å². The van der Waals surface area contributed by atoms with E-state index in [0.29, 0.717) is 39.3 Å². The third-order valence-electron chi connectivity index (χ3n) is 9.96. The van der Waals surface area contributed by atoms with E-state index in [1.807, 2.05) is 40.1 Å². The third-order valence-corrected chi connectivity index (χ3v) is 9.96. The van der Waals surface area contributed by atoms with Crippen molar-refractivity contribution in [1.29, 1.82) is 0 Å². The van der Waals surface area contributed by atoms with Crippen LogP contribution in [0.5, 0.6) is 0 Å². The molecule has 14 nitrogen and oxygen atoms in total. The number of ether oxygens (including phenoxy) is 2. The van der Waals surface area contributed by atoms with Gasteiger partial charge in [0.05, 0.1) is 57.0 Å². The molecule has 278 valence electrons. The highest BCUT2D eigenvalue weighted by atomic mass is 16.5. The molecule has 2 aliphatic heterocycles. The predicted molar refractivity (Wildman–Crippen MR) is 199 cm³/mol. The normalized spacial score (nSPS) is 15.2. The average molecular weight is 723 g/mol. The summed E-state index contributed by atoms with van der Waals surface area (Å²) >= 11 is 0. The van der Waals surface area contributed by atoms with Gasteiger partial charge >= 0.3 is 12.2 Å². The molecule has 2 aromatic heterocycles. The van der Waals surface area contributed by atoms with Crippen LogP contribution in [0.3, 0.4) is 0 Å². The summed E-state index contributed by atoms with van der Waals surface area (Å²) in [6.45, 7) is 10.6. The number of carbonyl (C=O) groups excluding carboxylic acids is 4. The first-order valence-corrected chi connectivity index (χ1v) is 17.8. The Bertz CT molecular complexity index is 2000. The predicted octanol–water partition coefficient (Wildman–Crippen LogP) is 5.26. The van der Waals surface area contributed by atoms with E-state index in [-0.39, 0.29) is 23.7 Å². The summed E-state index contributed by atoms with van der Waals surface area (Å²) < 4.78 is 13.6. The molecule has 0 bridgehead atoms. The zero-order valence-corrected chi connectivity index (χ0v) is 31.0. The second-order valence-electron chi connectivity index (χ2n) is 14.0. The van der Waals surface area contributed by atoms with Gasteiger partial charge in [0.15, 0.2) is 0 Å². The number of alkyl carbamates (subject to hydrolysis) is 1. The number of imidazole rings is 2. The zero-order chi connectivity index (χ0) is 37.8. The van der Waals surface area contributed by atoms with Crippen molar-refractivity contribution in [3.05, 3.63) is 72.6 Å². The Morgan fingerprint density at radius 3 is 1.58 bits per heavy atom. The number of carbonyl (C=O) groups is 4. The van der Waals surface area contributed by atoms with Crippen LogP contribution >= 0.6 is 0 Å². The van der Waals surface area contributed by atoms with E-state index in [0.717, 1.165) is 45.3 Å². The molecule has 0 spiro atoms. The Morgan fingerprint density at radius 1 is 0.679 bits per heavy atom. The Morgan fingerprint density at radius 2 is 1.15 bits per heavy atom. The maximum Gasteiger partial charge on any atom is 0.432 e. The minimum atomic E-state index is -0.726. The molecule has 2 aliphatic rings. The van der Waals surface area contributed by atoms with Crippen LogP contribution in [-0.2, 0) is 45.2 Å². The van der Waals surface area contributed by atoms with Gasteiger partial charge < -0.3 is 33.7 Å². The van der Waals surface area contributed by atoms with Gasteiger partial charge in [-0.05, 0) is 34.1 Å². The van der Waals surface area contributed by atoms with E-state index in [4.69, 9.17) is 4.74 Å². The Kier molecular flexibility index (Phi) is 11.1. The molecule has 0 radical (unpaired) electrons.